The number of hydrogen-bond donors (Lipinski definition) is 0. The zero-order chi connectivity index (χ0) is 33.8. The van der Waals surface area contributed by atoms with Crippen LogP contribution >= 0.6 is 12.0 Å². The summed E-state index contributed by atoms with van der Waals surface area (Å²) in [5, 5.41) is 10.1. The van der Waals surface area contributed by atoms with Crippen LogP contribution < -0.4 is 24.1 Å². The molecule has 7 nitrogen and oxygen atoms in total. The topological polar surface area (TPSA) is 94.1 Å². The van der Waals surface area contributed by atoms with Crippen molar-refractivity contribution in [3.63, 3.8) is 0 Å². The Morgan fingerprint density at radius 1 is 0.605 bits per heavy atom. The number of carbonyl (C=O) groups excluding carboxylic acids is 2. The van der Waals surface area contributed by atoms with Crippen LogP contribution in [0, 0.1) is 0 Å². The Labute approximate surface area is 241 Å². The second-order valence-electron chi connectivity index (χ2n) is 7.52. The Balaban J connectivity index is 0. The molecular formula is C16H11F18LiO7S. The van der Waals surface area contributed by atoms with Gasteiger partial charge in [-0.3, -0.25) is 14.6 Å². The van der Waals surface area contributed by atoms with Crippen molar-refractivity contribution in [2.75, 3.05) is 13.2 Å². The molecule has 0 saturated heterocycles. The molecule has 0 aliphatic rings. The Hall–Kier alpha value is -1.49. The molecule has 43 heavy (non-hydrogen) atoms. The molecule has 0 fully saturated rings. The van der Waals surface area contributed by atoms with E-state index in [9.17, 15) is 93.9 Å². The van der Waals surface area contributed by atoms with Gasteiger partial charge in [0.05, 0.1) is 32.5 Å². The first-order valence-electron chi connectivity index (χ1n) is 9.79. The van der Waals surface area contributed by atoms with E-state index in [2.05, 4.69) is 18.8 Å². The van der Waals surface area contributed by atoms with Crippen molar-refractivity contribution >= 4 is 24.0 Å². The largest absolute Gasteiger partial charge is 1.00 e. The van der Waals surface area contributed by atoms with Crippen molar-refractivity contribution in [1.29, 1.82) is 0 Å². The van der Waals surface area contributed by atoms with E-state index in [1.165, 1.54) is 0 Å². The van der Waals surface area contributed by atoms with E-state index in [0.717, 1.165) is 0 Å². The minimum atomic E-state index is -7.29. The third kappa shape index (κ3) is 9.75. The molecule has 27 heteroatoms. The fourth-order valence-electron chi connectivity index (χ4n) is 2.23. The summed E-state index contributed by atoms with van der Waals surface area (Å²) in [5.41, 5.74) is 0. The average Bonchev–Trinajstić information content (AvgIpc) is 2.79. The number of hydrogen-bond acceptors (Lipinski definition) is 8. The van der Waals surface area contributed by atoms with Gasteiger partial charge < -0.3 is 14.7 Å². The average molecular weight is 696 g/mol. The molecular weight excluding hydrogens is 685 g/mol. The van der Waals surface area contributed by atoms with E-state index < -0.39 is 110 Å². The van der Waals surface area contributed by atoms with E-state index >= 15 is 0 Å². The second kappa shape index (κ2) is 14.7. The molecule has 0 aromatic rings. The molecule has 0 rings (SSSR count). The van der Waals surface area contributed by atoms with E-state index in [1.807, 2.05) is 0 Å². The van der Waals surface area contributed by atoms with E-state index in [4.69, 9.17) is 0 Å². The number of rotatable bonds is 16. The van der Waals surface area contributed by atoms with E-state index in [1.54, 1.807) is 0 Å². The van der Waals surface area contributed by atoms with Crippen LogP contribution in [0.15, 0.2) is 0 Å². The third-order valence-corrected chi connectivity index (χ3v) is 5.28. The molecule has 0 amide bonds. The first-order chi connectivity index (χ1) is 18.4. The fraction of sp³-hybridized carbons (Fsp3) is 0.875. The third-order valence-electron chi connectivity index (χ3n) is 4.56. The molecule has 0 spiro atoms. The number of esters is 2. The molecule has 0 N–H and O–H groups in total. The van der Waals surface area contributed by atoms with Gasteiger partial charge in [-0.2, -0.15) is 83.4 Å². The van der Waals surface area contributed by atoms with Crippen molar-refractivity contribution in [1.82, 2.24) is 0 Å². The van der Waals surface area contributed by atoms with Crippen LogP contribution in [-0.4, -0.2) is 78.3 Å². The van der Waals surface area contributed by atoms with Crippen LogP contribution in [0.1, 0.15) is 19.3 Å². The summed E-state index contributed by atoms with van der Waals surface area (Å²) < 4.78 is 241. The van der Waals surface area contributed by atoms with Gasteiger partial charge in [-0.05, 0) is 0 Å². The Kier molecular flexibility index (Phi) is 15.0. The molecule has 0 aromatic heterocycles. The van der Waals surface area contributed by atoms with E-state index in [0.29, 0.717) is 0 Å². The molecule has 0 heterocycles. The molecule has 1 atom stereocenters. The number of ether oxygens (including phenoxy) is 2. The molecule has 0 radical (unpaired) electrons. The minimum Gasteiger partial charge on any atom is -0.691 e. The molecule has 250 valence electrons. The predicted octanol–water partition coefficient (Wildman–Crippen LogP) is 2.42. The molecule has 0 saturated carbocycles. The molecule has 0 aliphatic heterocycles. The van der Waals surface area contributed by atoms with Crippen LogP contribution in [0.25, 0.3) is 0 Å². The van der Waals surface area contributed by atoms with Crippen molar-refractivity contribution in [2.45, 2.75) is 72.4 Å². The Bertz CT molecular complexity index is 927. The summed E-state index contributed by atoms with van der Waals surface area (Å²) in [6.45, 7) is -4.16. The minimum absolute atomic E-state index is 0. The summed E-state index contributed by atoms with van der Waals surface area (Å²) in [7, 11) is 0. The van der Waals surface area contributed by atoms with Gasteiger partial charge in [-0.25, -0.2) is 0 Å². The SMILES string of the molecule is O=C(CC(SOO[O-])C(=O)OCCC(F)(F)C(F)(F)C(F)(F)C(F)(F)F)OCCC(F)(F)C(F)(F)C(F)(F)C(F)(F)F.[Li+]. The van der Waals surface area contributed by atoms with Crippen molar-refractivity contribution in [3.05, 3.63) is 0 Å². The smallest absolute Gasteiger partial charge is 0.691 e. The summed E-state index contributed by atoms with van der Waals surface area (Å²) in [5.74, 6) is -45.4. The molecule has 0 bridgehead atoms. The Morgan fingerprint density at radius 3 is 1.28 bits per heavy atom. The van der Waals surface area contributed by atoms with Crippen molar-refractivity contribution in [2.24, 2.45) is 0 Å². The molecule has 1 unspecified atom stereocenters. The number of carbonyl (C=O) groups is 2. The van der Waals surface area contributed by atoms with Crippen LogP contribution in [0.4, 0.5) is 79.0 Å². The van der Waals surface area contributed by atoms with Crippen molar-refractivity contribution < 1.29 is 132 Å². The van der Waals surface area contributed by atoms with Crippen LogP contribution in [0.3, 0.4) is 0 Å². The predicted molar refractivity (Wildman–Crippen MR) is 91.1 cm³/mol. The maximum Gasteiger partial charge on any atom is 1.00 e. The van der Waals surface area contributed by atoms with Gasteiger partial charge in [0, 0.05) is 12.0 Å². The first kappa shape index (κ1) is 43.6. The van der Waals surface area contributed by atoms with Crippen LogP contribution in [0.2, 0.25) is 0 Å². The number of halogens is 18. The zero-order valence-corrected chi connectivity index (χ0v) is 21.0. The normalized spacial score (nSPS) is 15.0. The Morgan fingerprint density at radius 2 is 0.953 bits per heavy atom. The zero-order valence-electron chi connectivity index (χ0n) is 20.2. The second-order valence-corrected chi connectivity index (χ2v) is 8.41. The maximum absolute atomic E-state index is 13.4. The van der Waals surface area contributed by atoms with Crippen LogP contribution in [0.5, 0.6) is 0 Å². The van der Waals surface area contributed by atoms with Crippen LogP contribution in [-0.2, 0) is 28.4 Å². The van der Waals surface area contributed by atoms with Gasteiger partial charge in [0.25, 0.3) is 0 Å². The maximum atomic E-state index is 13.4. The van der Waals surface area contributed by atoms with Gasteiger partial charge in [0.2, 0.25) is 0 Å². The summed E-state index contributed by atoms with van der Waals surface area (Å²) in [6, 6.07) is 0. The first-order valence-corrected chi connectivity index (χ1v) is 10.6. The summed E-state index contributed by atoms with van der Waals surface area (Å²) in [4.78, 5) is 23.4. The van der Waals surface area contributed by atoms with E-state index in [-0.39, 0.29) is 18.9 Å². The summed E-state index contributed by atoms with van der Waals surface area (Å²) >= 11 is -0.628. The monoisotopic (exact) mass is 696 g/mol. The summed E-state index contributed by atoms with van der Waals surface area (Å²) in [6.07, 6.45) is -21.4. The molecule has 0 aromatic carbocycles. The van der Waals surface area contributed by atoms with Gasteiger partial charge >= 0.3 is 78.7 Å². The fourth-order valence-corrected chi connectivity index (χ4v) is 2.70. The standard InChI is InChI=1S/C16H12F18O7S.Li/c17-9(18,11(21,22)13(25,26)15(29,30)31)1-3-38-7(35)5-6(42-41-40-37)8(36)39-4-2-10(19,20)12(23,24)14(27,28)16(32,33)34;/h6,37H,1-5H2;/q;+1/p-1. The number of alkyl halides is 18. The van der Waals surface area contributed by atoms with Gasteiger partial charge in [-0.15, -0.1) is 0 Å². The van der Waals surface area contributed by atoms with Gasteiger partial charge in [-0.1, -0.05) is 0 Å². The van der Waals surface area contributed by atoms with Crippen molar-refractivity contribution in [3.8, 4) is 0 Å². The van der Waals surface area contributed by atoms with Gasteiger partial charge in [0.1, 0.15) is 5.25 Å². The van der Waals surface area contributed by atoms with Gasteiger partial charge in [0.15, 0.2) is 0 Å². The molecule has 0 aliphatic carbocycles. The quantitative estimate of drug-likeness (QED) is 0.0608.